The van der Waals surface area contributed by atoms with Gasteiger partial charge in [-0.2, -0.15) is 18.3 Å². The first kappa shape index (κ1) is 27.7. The van der Waals surface area contributed by atoms with Crippen LogP contribution < -0.4 is 0 Å². The number of halogens is 4. The van der Waals surface area contributed by atoms with Crippen molar-refractivity contribution in [1.29, 1.82) is 0 Å². The Balaban J connectivity index is 1.32. The van der Waals surface area contributed by atoms with Crippen molar-refractivity contribution >= 4 is 51.5 Å². The Labute approximate surface area is 230 Å². The molecule has 1 atom stereocenters. The van der Waals surface area contributed by atoms with E-state index in [1.807, 2.05) is 4.90 Å². The highest BCUT2D eigenvalue weighted by Crippen LogP contribution is 2.35. The molecule has 0 spiro atoms. The summed E-state index contributed by atoms with van der Waals surface area (Å²) in [7, 11) is 0. The zero-order chi connectivity index (χ0) is 27.7. The van der Waals surface area contributed by atoms with Crippen LogP contribution in [0.4, 0.5) is 18.0 Å². The first-order valence-corrected chi connectivity index (χ1v) is 13.3. The number of hydrogen-bond donors (Lipinski definition) is 1. The van der Waals surface area contributed by atoms with Crippen molar-refractivity contribution in [3.8, 4) is 0 Å². The van der Waals surface area contributed by atoms with Crippen LogP contribution in [0.25, 0.3) is 17.0 Å². The molecular weight excluding hydrogens is 557 g/mol. The second-order valence-corrected chi connectivity index (χ2v) is 10.7. The number of benzene rings is 2. The number of aliphatic hydroxyl groups excluding tert-OH is 1. The molecule has 3 aromatic rings. The van der Waals surface area contributed by atoms with E-state index in [1.165, 1.54) is 21.7 Å². The molecule has 5 rings (SSSR count). The smallest absolute Gasteiger partial charge is 0.395 e. The highest BCUT2D eigenvalue weighted by molar-refractivity contribution is 8.18. The number of imide groups is 1. The number of ether oxygens (including phenoxy) is 1. The lowest BCUT2D eigenvalue weighted by Gasteiger charge is -2.33. The minimum Gasteiger partial charge on any atom is -0.395 e. The van der Waals surface area contributed by atoms with Crippen LogP contribution in [-0.4, -0.2) is 81.3 Å². The standard InChI is InChI=1S/C26H24ClF3N4O4S/c27-19-3-2-17(21(11-19)26(28,29)30)13-34-22-4-1-16(9-18(22)12-31-34)10-23-24(36)33(25(37)39-23)15-20-14-32(5-7-35)6-8-38-20/h1-4,9-12,20,35H,5-8,13-15H2. The van der Waals surface area contributed by atoms with E-state index < -0.39 is 17.6 Å². The Hall–Kier alpha value is -2.90. The number of carbonyl (C=O) groups is 2. The Morgan fingerprint density at radius 1 is 1.21 bits per heavy atom. The Morgan fingerprint density at radius 3 is 2.79 bits per heavy atom. The van der Waals surface area contributed by atoms with Crippen LogP contribution in [0.2, 0.25) is 5.02 Å². The van der Waals surface area contributed by atoms with Crippen LogP contribution >= 0.6 is 23.4 Å². The molecule has 2 aromatic carbocycles. The van der Waals surface area contributed by atoms with Gasteiger partial charge < -0.3 is 9.84 Å². The van der Waals surface area contributed by atoms with Gasteiger partial charge in [0.15, 0.2) is 0 Å². The van der Waals surface area contributed by atoms with E-state index >= 15 is 0 Å². The van der Waals surface area contributed by atoms with E-state index in [-0.39, 0.29) is 46.5 Å². The van der Waals surface area contributed by atoms with Gasteiger partial charge in [-0.3, -0.25) is 24.1 Å². The number of β-amino-alcohol motifs (C(OH)–C–C–N with tert-alkyl or cyclic N) is 1. The monoisotopic (exact) mass is 580 g/mol. The number of carbonyl (C=O) groups excluding carboxylic acids is 2. The average Bonchev–Trinajstić information content (AvgIpc) is 3.40. The summed E-state index contributed by atoms with van der Waals surface area (Å²) in [5, 5.41) is 13.7. The van der Waals surface area contributed by atoms with Crippen molar-refractivity contribution in [2.24, 2.45) is 0 Å². The number of rotatable bonds is 7. The minimum absolute atomic E-state index is 0.000362. The summed E-state index contributed by atoms with van der Waals surface area (Å²) in [4.78, 5) is 29.1. The summed E-state index contributed by atoms with van der Waals surface area (Å²) in [6, 6.07) is 8.85. The van der Waals surface area contributed by atoms with Crippen LogP contribution in [0.15, 0.2) is 47.5 Å². The number of nitrogens with zero attached hydrogens (tertiary/aromatic N) is 4. The van der Waals surface area contributed by atoms with Gasteiger partial charge in [0.25, 0.3) is 11.1 Å². The molecule has 13 heteroatoms. The molecular formula is C26H24ClF3N4O4S. The molecule has 2 saturated heterocycles. The van der Waals surface area contributed by atoms with Crippen LogP contribution in [0.1, 0.15) is 16.7 Å². The van der Waals surface area contributed by atoms with Gasteiger partial charge >= 0.3 is 6.18 Å². The number of aromatic nitrogens is 2. The highest BCUT2D eigenvalue weighted by atomic mass is 35.5. The predicted octanol–water partition coefficient (Wildman–Crippen LogP) is 4.49. The summed E-state index contributed by atoms with van der Waals surface area (Å²) in [6.45, 7) is 2.20. The SMILES string of the molecule is O=C1SC(=Cc2ccc3c(cnn3Cc3ccc(Cl)cc3C(F)(F)F)c2)C(=O)N1CC1CN(CCO)CCO1. The topological polar surface area (TPSA) is 87.9 Å². The maximum atomic E-state index is 13.5. The fourth-order valence-corrected chi connectivity index (χ4v) is 5.70. The lowest BCUT2D eigenvalue weighted by atomic mass is 10.1. The van der Waals surface area contributed by atoms with Gasteiger partial charge in [0.05, 0.1) is 54.6 Å². The average molecular weight is 581 g/mol. The molecule has 1 N–H and O–H groups in total. The van der Waals surface area contributed by atoms with Gasteiger partial charge in [-0.1, -0.05) is 23.7 Å². The minimum atomic E-state index is -4.55. The van der Waals surface area contributed by atoms with Crippen molar-refractivity contribution < 1.29 is 32.6 Å². The summed E-state index contributed by atoms with van der Waals surface area (Å²) < 4.78 is 47.7. The van der Waals surface area contributed by atoms with Gasteiger partial charge in [-0.05, 0) is 53.2 Å². The molecule has 8 nitrogen and oxygen atoms in total. The quantitative estimate of drug-likeness (QED) is 0.412. The van der Waals surface area contributed by atoms with E-state index in [9.17, 15) is 22.8 Å². The van der Waals surface area contributed by atoms with Crippen LogP contribution in [-0.2, 0) is 22.3 Å². The molecule has 206 valence electrons. The molecule has 2 aliphatic heterocycles. The van der Waals surface area contributed by atoms with Crippen LogP contribution in [0.3, 0.4) is 0 Å². The second kappa shape index (κ2) is 11.3. The molecule has 0 radical (unpaired) electrons. The fourth-order valence-electron chi connectivity index (χ4n) is 4.68. The van der Waals surface area contributed by atoms with E-state index in [4.69, 9.17) is 21.4 Å². The van der Waals surface area contributed by atoms with E-state index in [0.29, 0.717) is 42.7 Å². The van der Waals surface area contributed by atoms with Gasteiger partial charge in [-0.25, -0.2) is 0 Å². The molecule has 1 unspecified atom stereocenters. The van der Waals surface area contributed by atoms with Crippen LogP contribution in [0.5, 0.6) is 0 Å². The summed E-state index contributed by atoms with van der Waals surface area (Å²) in [5.41, 5.74) is 0.491. The number of morpholine rings is 1. The third kappa shape index (κ3) is 6.15. The van der Waals surface area contributed by atoms with Crippen molar-refractivity contribution in [1.82, 2.24) is 19.6 Å². The molecule has 0 saturated carbocycles. The molecule has 0 aliphatic carbocycles. The van der Waals surface area contributed by atoms with E-state index in [0.717, 1.165) is 17.8 Å². The number of fused-ring (bicyclic) bond motifs is 1. The largest absolute Gasteiger partial charge is 0.416 e. The number of aliphatic hydroxyl groups is 1. The molecule has 39 heavy (non-hydrogen) atoms. The number of amides is 2. The third-order valence-electron chi connectivity index (χ3n) is 6.56. The molecule has 2 fully saturated rings. The van der Waals surface area contributed by atoms with Gasteiger partial charge in [-0.15, -0.1) is 0 Å². The molecule has 2 amide bonds. The first-order chi connectivity index (χ1) is 18.6. The lowest BCUT2D eigenvalue weighted by molar-refractivity contribution is -0.138. The van der Waals surface area contributed by atoms with Crippen molar-refractivity contribution in [3.63, 3.8) is 0 Å². The Bertz CT molecular complexity index is 1440. The van der Waals surface area contributed by atoms with Gasteiger partial charge in [0.2, 0.25) is 0 Å². The summed E-state index contributed by atoms with van der Waals surface area (Å²) in [6.07, 6.45) is -1.73. The predicted molar refractivity (Wildman–Crippen MR) is 141 cm³/mol. The fraction of sp³-hybridized carbons (Fsp3) is 0.346. The normalized spacial score (nSPS) is 20.1. The van der Waals surface area contributed by atoms with Crippen LogP contribution in [0, 0.1) is 0 Å². The second-order valence-electron chi connectivity index (χ2n) is 9.23. The molecule has 1 aromatic heterocycles. The summed E-state index contributed by atoms with van der Waals surface area (Å²) in [5.74, 6) is -0.411. The van der Waals surface area contributed by atoms with E-state index in [1.54, 1.807) is 30.5 Å². The number of thioether (sulfide) groups is 1. The Kier molecular flexibility index (Phi) is 8.01. The zero-order valence-corrected chi connectivity index (χ0v) is 22.1. The molecule has 0 bridgehead atoms. The molecule has 3 heterocycles. The van der Waals surface area contributed by atoms with Crippen molar-refractivity contribution in [3.05, 3.63) is 69.2 Å². The zero-order valence-electron chi connectivity index (χ0n) is 20.5. The third-order valence-corrected chi connectivity index (χ3v) is 7.70. The van der Waals surface area contributed by atoms with Crippen molar-refractivity contribution in [2.45, 2.75) is 18.8 Å². The highest BCUT2D eigenvalue weighted by Gasteiger charge is 2.37. The number of alkyl halides is 3. The lowest BCUT2D eigenvalue weighted by Crippen LogP contribution is -2.49. The summed E-state index contributed by atoms with van der Waals surface area (Å²) >= 11 is 6.63. The Morgan fingerprint density at radius 2 is 2.03 bits per heavy atom. The van der Waals surface area contributed by atoms with Gasteiger partial charge in [0.1, 0.15) is 0 Å². The van der Waals surface area contributed by atoms with E-state index in [2.05, 4.69) is 5.10 Å². The maximum absolute atomic E-state index is 13.5. The number of hydrogen-bond acceptors (Lipinski definition) is 7. The van der Waals surface area contributed by atoms with Gasteiger partial charge in [0, 0.05) is 30.0 Å². The molecule has 2 aliphatic rings. The first-order valence-electron chi connectivity index (χ1n) is 12.1. The maximum Gasteiger partial charge on any atom is 0.416 e. The van der Waals surface area contributed by atoms with Crippen molar-refractivity contribution in [2.75, 3.05) is 39.4 Å².